The molecule has 1 aliphatic carbocycles. The van der Waals surface area contributed by atoms with Crippen molar-refractivity contribution in [2.45, 2.75) is 66.3 Å². The molecule has 0 unspecified atom stereocenters. The molecule has 1 aromatic heterocycles. The van der Waals surface area contributed by atoms with E-state index in [0.717, 1.165) is 36.3 Å². The largest absolute Gasteiger partial charge is 0.497 e. The lowest BCUT2D eigenvalue weighted by atomic mass is 9.64. The van der Waals surface area contributed by atoms with Gasteiger partial charge in [0.05, 0.1) is 12.6 Å². The zero-order chi connectivity index (χ0) is 22.4. The summed E-state index contributed by atoms with van der Waals surface area (Å²) in [6, 6.07) is 5.57. The first-order chi connectivity index (χ1) is 14.6. The Balaban J connectivity index is 1.63. The van der Waals surface area contributed by atoms with E-state index in [1.165, 1.54) is 25.7 Å². The van der Waals surface area contributed by atoms with E-state index in [2.05, 4.69) is 12.0 Å². The van der Waals surface area contributed by atoms with Crippen molar-refractivity contribution in [3.05, 3.63) is 23.9 Å². The molecule has 2 aromatic rings. The van der Waals surface area contributed by atoms with Gasteiger partial charge in [0.25, 0.3) is 0 Å². The Labute approximate surface area is 184 Å². The highest BCUT2D eigenvalue weighted by molar-refractivity contribution is 6.08. The van der Waals surface area contributed by atoms with Gasteiger partial charge in [0.2, 0.25) is 5.91 Å². The Bertz CT molecular complexity index is 1000. The van der Waals surface area contributed by atoms with Gasteiger partial charge in [0.15, 0.2) is 5.78 Å². The van der Waals surface area contributed by atoms with Gasteiger partial charge in [-0.15, -0.1) is 0 Å². The molecule has 1 saturated heterocycles. The summed E-state index contributed by atoms with van der Waals surface area (Å²) in [6.07, 6.45) is 6.16. The molecule has 0 radical (unpaired) electrons. The number of methoxy groups -OCH3 is 1. The summed E-state index contributed by atoms with van der Waals surface area (Å²) in [5, 5.41) is 5.40. The molecule has 4 rings (SSSR count). The molecule has 1 aromatic carbocycles. The van der Waals surface area contributed by atoms with Crippen LogP contribution in [0.2, 0.25) is 0 Å². The van der Waals surface area contributed by atoms with E-state index in [4.69, 9.17) is 4.74 Å². The van der Waals surface area contributed by atoms with Gasteiger partial charge in [-0.3, -0.25) is 14.3 Å². The van der Waals surface area contributed by atoms with Crippen molar-refractivity contribution in [1.82, 2.24) is 14.7 Å². The molecule has 6 nitrogen and oxygen atoms in total. The van der Waals surface area contributed by atoms with Crippen LogP contribution >= 0.6 is 0 Å². The average molecular weight is 426 g/mol. The van der Waals surface area contributed by atoms with Crippen LogP contribution in [0.25, 0.3) is 10.9 Å². The minimum absolute atomic E-state index is 0.0237. The number of benzene rings is 1. The maximum Gasteiger partial charge on any atom is 0.244 e. The van der Waals surface area contributed by atoms with Crippen molar-refractivity contribution in [1.29, 1.82) is 0 Å². The fourth-order valence-electron chi connectivity index (χ4n) is 5.36. The molecule has 1 aliphatic heterocycles. The number of aromatic nitrogens is 2. The molecule has 168 valence electrons. The van der Waals surface area contributed by atoms with Crippen LogP contribution in [0, 0.1) is 16.7 Å². The summed E-state index contributed by atoms with van der Waals surface area (Å²) in [5.74, 6) is 1.47. The molecule has 6 heteroatoms. The third-order valence-electron chi connectivity index (χ3n) is 7.33. The minimum atomic E-state index is -0.548. The van der Waals surface area contributed by atoms with Gasteiger partial charge >= 0.3 is 0 Å². The second-order valence-electron chi connectivity index (χ2n) is 10.7. The van der Waals surface area contributed by atoms with Gasteiger partial charge in [0, 0.05) is 30.0 Å². The summed E-state index contributed by atoms with van der Waals surface area (Å²) >= 11 is 0. The quantitative estimate of drug-likeness (QED) is 0.666. The second kappa shape index (κ2) is 7.95. The Morgan fingerprint density at radius 1 is 1.23 bits per heavy atom. The zero-order valence-electron chi connectivity index (χ0n) is 19.5. The normalized spacial score (nSPS) is 24.2. The Morgan fingerprint density at radius 3 is 2.71 bits per heavy atom. The molecular formula is C25H35N3O3. The Kier molecular flexibility index (Phi) is 5.61. The van der Waals surface area contributed by atoms with Crippen LogP contribution in [0.4, 0.5) is 0 Å². The van der Waals surface area contributed by atoms with Crippen LogP contribution in [0.1, 0.15) is 70.3 Å². The highest BCUT2D eigenvalue weighted by Gasteiger charge is 2.42. The van der Waals surface area contributed by atoms with E-state index >= 15 is 0 Å². The predicted octanol–water partition coefficient (Wildman–Crippen LogP) is 4.70. The van der Waals surface area contributed by atoms with E-state index in [1.54, 1.807) is 11.8 Å². The number of hydrogen-bond acceptors (Lipinski definition) is 4. The fourth-order valence-corrected chi connectivity index (χ4v) is 5.36. The van der Waals surface area contributed by atoms with Crippen LogP contribution in [0.15, 0.2) is 18.2 Å². The first-order valence-electron chi connectivity index (χ1n) is 11.5. The smallest absolute Gasteiger partial charge is 0.244 e. The molecule has 1 amide bonds. The number of amides is 1. The molecule has 0 bridgehead atoms. The number of ketones is 1. The molecule has 0 spiro atoms. The molecule has 2 heterocycles. The number of carbonyl (C=O) groups is 2. The summed E-state index contributed by atoms with van der Waals surface area (Å²) < 4.78 is 7.08. The molecule has 2 aliphatic rings. The summed E-state index contributed by atoms with van der Waals surface area (Å²) in [7, 11) is 1.61. The predicted molar refractivity (Wildman–Crippen MR) is 121 cm³/mol. The number of Topliss-reactive ketones (excluding diaryl/α,β-unsaturated/α-hetero) is 1. The van der Waals surface area contributed by atoms with Crippen molar-refractivity contribution in [3.63, 3.8) is 0 Å². The van der Waals surface area contributed by atoms with Crippen LogP contribution in [-0.4, -0.2) is 46.6 Å². The topological polar surface area (TPSA) is 64.4 Å². The number of rotatable bonds is 4. The van der Waals surface area contributed by atoms with E-state index < -0.39 is 5.41 Å². The number of likely N-dealkylation sites (tertiary alicyclic amines) is 1. The van der Waals surface area contributed by atoms with Crippen LogP contribution in [-0.2, 0) is 11.3 Å². The standard InChI is InChI=1S/C25H35N3O3/c1-24(2,3)23(30)22-19-10-9-18(31-5)14-20(19)28(26-22)15-21(29)27-13-11-17-8-6-7-12-25(17,4)16-27/h9-10,14,17H,6-8,11-13,15-16H2,1-5H3/t17-,25-/m0/s1. The summed E-state index contributed by atoms with van der Waals surface area (Å²) in [6.45, 7) is 9.81. The van der Waals surface area contributed by atoms with Crippen LogP contribution in [0.5, 0.6) is 5.75 Å². The van der Waals surface area contributed by atoms with Crippen molar-refractivity contribution in [3.8, 4) is 5.75 Å². The van der Waals surface area contributed by atoms with Crippen molar-refractivity contribution < 1.29 is 14.3 Å². The molecule has 0 N–H and O–H groups in total. The molecule has 31 heavy (non-hydrogen) atoms. The van der Waals surface area contributed by atoms with Gasteiger partial charge < -0.3 is 9.64 Å². The molecular weight excluding hydrogens is 390 g/mol. The highest BCUT2D eigenvalue weighted by atomic mass is 16.5. The average Bonchev–Trinajstić information content (AvgIpc) is 3.08. The molecule has 1 saturated carbocycles. The second-order valence-corrected chi connectivity index (χ2v) is 10.7. The van der Waals surface area contributed by atoms with Crippen molar-refractivity contribution in [2.24, 2.45) is 16.7 Å². The van der Waals surface area contributed by atoms with Gasteiger partial charge in [-0.25, -0.2) is 0 Å². The highest BCUT2D eigenvalue weighted by Crippen LogP contribution is 2.46. The van der Waals surface area contributed by atoms with Crippen LogP contribution < -0.4 is 4.74 Å². The number of ether oxygens (including phenoxy) is 1. The first-order valence-corrected chi connectivity index (χ1v) is 11.5. The SMILES string of the molecule is COc1ccc2c(C(=O)C(C)(C)C)nn(CC(=O)N3CC[C@@H]4CCCC[C@@]4(C)C3)c2c1. The Hall–Kier alpha value is -2.37. The third kappa shape index (κ3) is 4.09. The van der Waals surface area contributed by atoms with Gasteiger partial charge in [0.1, 0.15) is 18.0 Å². The first kappa shape index (κ1) is 21.8. The Morgan fingerprint density at radius 2 is 2.00 bits per heavy atom. The lowest BCUT2D eigenvalue weighted by Crippen LogP contribution is -2.51. The van der Waals surface area contributed by atoms with E-state index in [9.17, 15) is 9.59 Å². The van der Waals surface area contributed by atoms with Gasteiger partial charge in [-0.05, 0) is 42.7 Å². The number of piperidine rings is 1. The van der Waals surface area contributed by atoms with E-state index in [0.29, 0.717) is 11.4 Å². The number of hydrogen-bond donors (Lipinski definition) is 0. The van der Waals surface area contributed by atoms with Gasteiger partial charge in [-0.2, -0.15) is 5.10 Å². The maximum atomic E-state index is 13.3. The fraction of sp³-hybridized carbons (Fsp3) is 0.640. The van der Waals surface area contributed by atoms with Crippen LogP contribution in [0.3, 0.4) is 0 Å². The van der Waals surface area contributed by atoms with Gasteiger partial charge in [-0.1, -0.05) is 40.5 Å². The van der Waals surface area contributed by atoms with Crippen molar-refractivity contribution >= 4 is 22.6 Å². The number of nitrogens with zero attached hydrogens (tertiary/aromatic N) is 3. The summed E-state index contributed by atoms with van der Waals surface area (Å²) in [5.41, 5.74) is 0.873. The lowest BCUT2D eigenvalue weighted by molar-refractivity contribution is -0.137. The zero-order valence-corrected chi connectivity index (χ0v) is 19.5. The third-order valence-corrected chi connectivity index (χ3v) is 7.33. The lowest BCUT2D eigenvalue weighted by Gasteiger charge is -2.49. The van der Waals surface area contributed by atoms with Crippen molar-refractivity contribution in [2.75, 3.05) is 20.2 Å². The molecule has 2 fully saturated rings. The summed E-state index contributed by atoms with van der Waals surface area (Å²) in [4.78, 5) is 28.4. The number of fused-ring (bicyclic) bond motifs is 2. The molecule has 2 atom stereocenters. The minimum Gasteiger partial charge on any atom is -0.497 e. The monoisotopic (exact) mass is 425 g/mol. The number of carbonyl (C=O) groups excluding carboxylic acids is 2. The van der Waals surface area contributed by atoms with E-state index in [-0.39, 0.29) is 23.7 Å². The maximum absolute atomic E-state index is 13.3. The van der Waals surface area contributed by atoms with E-state index in [1.807, 2.05) is 43.9 Å².